The third-order valence-corrected chi connectivity index (χ3v) is 3.11. The molecule has 1 N–H and O–H groups in total. The summed E-state index contributed by atoms with van der Waals surface area (Å²) in [6.07, 6.45) is -0.517. The van der Waals surface area contributed by atoms with Gasteiger partial charge in [0.1, 0.15) is 0 Å². The number of fused-ring (bicyclic) bond motifs is 1. The third-order valence-electron chi connectivity index (χ3n) is 3.11. The number of allylic oxidation sites excluding steroid dienone is 1. The van der Waals surface area contributed by atoms with Gasteiger partial charge < -0.3 is 5.32 Å². The van der Waals surface area contributed by atoms with Crippen molar-refractivity contribution in [3.8, 4) is 0 Å². The Morgan fingerprint density at radius 3 is 2.72 bits per heavy atom. The standard InChI is InChI=1S/C14H16F3N/c1-10(18-9-14(15,16)17)8-12-7-6-11-4-2-3-5-13(11)12/h2-5,7,10,18H,6,8-9H2,1H3/t10-/m1/s1. The van der Waals surface area contributed by atoms with E-state index in [1.165, 1.54) is 11.1 Å². The van der Waals surface area contributed by atoms with Crippen molar-refractivity contribution >= 4 is 5.57 Å². The smallest absolute Gasteiger partial charge is 0.306 e. The Bertz CT molecular complexity index is 449. The number of benzene rings is 1. The molecule has 0 spiro atoms. The van der Waals surface area contributed by atoms with Gasteiger partial charge in [-0.1, -0.05) is 30.3 Å². The second-order valence-corrected chi connectivity index (χ2v) is 4.69. The van der Waals surface area contributed by atoms with Gasteiger partial charge in [0, 0.05) is 6.04 Å². The molecule has 0 saturated carbocycles. The second-order valence-electron chi connectivity index (χ2n) is 4.69. The Labute approximate surface area is 105 Å². The van der Waals surface area contributed by atoms with Gasteiger partial charge in [-0.05, 0) is 36.5 Å². The van der Waals surface area contributed by atoms with Crippen LogP contribution in [-0.2, 0) is 6.42 Å². The van der Waals surface area contributed by atoms with Gasteiger partial charge in [-0.25, -0.2) is 0 Å². The van der Waals surface area contributed by atoms with Gasteiger partial charge in [-0.2, -0.15) is 13.2 Å². The van der Waals surface area contributed by atoms with Gasteiger partial charge in [0.2, 0.25) is 0 Å². The maximum atomic E-state index is 12.1. The molecule has 0 fully saturated rings. The normalized spacial score (nSPS) is 16.3. The fourth-order valence-corrected chi connectivity index (χ4v) is 2.24. The van der Waals surface area contributed by atoms with Crippen LogP contribution in [0.25, 0.3) is 5.57 Å². The summed E-state index contributed by atoms with van der Waals surface area (Å²) in [5.74, 6) is 0. The number of rotatable bonds is 4. The summed E-state index contributed by atoms with van der Waals surface area (Å²) in [4.78, 5) is 0. The first-order valence-corrected chi connectivity index (χ1v) is 6.03. The average Bonchev–Trinajstić information content (AvgIpc) is 2.70. The van der Waals surface area contributed by atoms with Gasteiger partial charge >= 0.3 is 6.18 Å². The van der Waals surface area contributed by atoms with Crippen LogP contribution in [0, 0.1) is 0 Å². The summed E-state index contributed by atoms with van der Waals surface area (Å²) in [6, 6.07) is 7.87. The minimum Gasteiger partial charge on any atom is -0.306 e. The van der Waals surface area contributed by atoms with E-state index in [2.05, 4.69) is 17.5 Å². The van der Waals surface area contributed by atoms with Crippen LogP contribution in [0.1, 0.15) is 24.5 Å². The molecule has 1 aliphatic carbocycles. The van der Waals surface area contributed by atoms with Crippen molar-refractivity contribution in [3.63, 3.8) is 0 Å². The van der Waals surface area contributed by atoms with Gasteiger partial charge in [0.25, 0.3) is 0 Å². The number of hydrogen-bond donors (Lipinski definition) is 1. The summed E-state index contributed by atoms with van der Waals surface area (Å²) in [6.45, 7) is 0.858. The minimum atomic E-state index is -4.14. The van der Waals surface area contributed by atoms with E-state index in [0.29, 0.717) is 6.42 Å². The zero-order chi connectivity index (χ0) is 13.2. The molecule has 98 valence electrons. The molecule has 1 aliphatic rings. The van der Waals surface area contributed by atoms with Crippen molar-refractivity contribution < 1.29 is 13.2 Å². The molecule has 4 heteroatoms. The van der Waals surface area contributed by atoms with E-state index in [4.69, 9.17) is 0 Å². The molecule has 0 aromatic heterocycles. The van der Waals surface area contributed by atoms with Crippen molar-refractivity contribution in [1.29, 1.82) is 0 Å². The summed E-state index contributed by atoms with van der Waals surface area (Å²) < 4.78 is 36.3. The van der Waals surface area contributed by atoms with E-state index in [-0.39, 0.29) is 6.04 Å². The molecular formula is C14H16F3N. The van der Waals surface area contributed by atoms with Crippen molar-refractivity contribution in [1.82, 2.24) is 5.32 Å². The largest absolute Gasteiger partial charge is 0.401 e. The van der Waals surface area contributed by atoms with Crippen LogP contribution in [0.4, 0.5) is 13.2 Å². The van der Waals surface area contributed by atoms with Crippen molar-refractivity contribution in [3.05, 3.63) is 41.5 Å². The molecule has 1 aromatic carbocycles. The monoisotopic (exact) mass is 255 g/mol. The lowest BCUT2D eigenvalue weighted by Gasteiger charge is -2.16. The molecule has 0 radical (unpaired) electrons. The highest BCUT2D eigenvalue weighted by molar-refractivity contribution is 5.73. The van der Waals surface area contributed by atoms with Gasteiger partial charge in [-0.15, -0.1) is 0 Å². The van der Waals surface area contributed by atoms with E-state index < -0.39 is 12.7 Å². The zero-order valence-corrected chi connectivity index (χ0v) is 10.2. The second kappa shape index (κ2) is 5.14. The fourth-order valence-electron chi connectivity index (χ4n) is 2.24. The first kappa shape index (κ1) is 13.1. The summed E-state index contributed by atoms with van der Waals surface area (Å²) >= 11 is 0. The lowest BCUT2D eigenvalue weighted by Crippen LogP contribution is -2.35. The first-order valence-electron chi connectivity index (χ1n) is 6.03. The molecule has 2 rings (SSSR count). The SMILES string of the molecule is C[C@H](CC1=CCc2ccccc21)NCC(F)(F)F. The Morgan fingerprint density at radius 2 is 2.00 bits per heavy atom. The van der Waals surface area contributed by atoms with Crippen molar-refractivity contribution in [2.75, 3.05) is 6.54 Å². The van der Waals surface area contributed by atoms with Gasteiger partial charge in [0.05, 0.1) is 6.54 Å². The predicted molar refractivity (Wildman–Crippen MR) is 66.3 cm³/mol. The Balaban J connectivity index is 1.92. The van der Waals surface area contributed by atoms with Gasteiger partial charge in [-0.3, -0.25) is 0 Å². The first-order chi connectivity index (χ1) is 8.46. The maximum Gasteiger partial charge on any atom is 0.401 e. The highest BCUT2D eigenvalue weighted by Gasteiger charge is 2.27. The van der Waals surface area contributed by atoms with Crippen LogP contribution < -0.4 is 5.32 Å². The molecule has 0 aliphatic heterocycles. The van der Waals surface area contributed by atoms with Crippen LogP contribution in [0.5, 0.6) is 0 Å². The van der Waals surface area contributed by atoms with E-state index in [9.17, 15) is 13.2 Å². The molecule has 1 nitrogen and oxygen atoms in total. The summed E-state index contributed by atoms with van der Waals surface area (Å²) in [7, 11) is 0. The molecule has 0 bridgehead atoms. The van der Waals surface area contributed by atoms with E-state index in [1.54, 1.807) is 6.92 Å². The maximum absolute atomic E-state index is 12.1. The minimum absolute atomic E-state index is 0.177. The van der Waals surface area contributed by atoms with Crippen LogP contribution in [0.3, 0.4) is 0 Å². The zero-order valence-electron chi connectivity index (χ0n) is 10.2. The lowest BCUT2D eigenvalue weighted by molar-refractivity contribution is -0.125. The molecule has 0 unspecified atom stereocenters. The molecule has 0 saturated heterocycles. The van der Waals surface area contributed by atoms with Crippen LogP contribution in [0.15, 0.2) is 30.3 Å². The highest BCUT2D eigenvalue weighted by atomic mass is 19.4. The molecule has 0 amide bonds. The highest BCUT2D eigenvalue weighted by Crippen LogP contribution is 2.30. The van der Waals surface area contributed by atoms with Crippen LogP contribution in [-0.4, -0.2) is 18.8 Å². The number of halogens is 3. The predicted octanol–water partition coefficient (Wildman–Crippen LogP) is 3.56. The Kier molecular flexibility index (Phi) is 3.76. The number of hydrogen-bond acceptors (Lipinski definition) is 1. The van der Waals surface area contributed by atoms with E-state index >= 15 is 0 Å². The number of nitrogens with one attached hydrogen (secondary N) is 1. The Hall–Kier alpha value is -1.29. The van der Waals surface area contributed by atoms with E-state index in [1.807, 2.05) is 18.2 Å². The molecule has 1 aromatic rings. The topological polar surface area (TPSA) is 12.0 Å². The van der Waals surface area contributed by atoms with Crippen LogP contribution in [0.2, 0.25) is 0 Å². The Morgan fingerprint density at radius 1 is 1.28 bits per heavy atom. The third kappa shape index (κ3) is 3.35. The molecule has 18 heavy (non-hydrogen) atoms. The quantitative estimate of drug-likeness (QED) is 0.867. The van der Waals surface area contributed by atoms with Crippen molar-refractivity contribution in [2.45, 2.75) is 32.0 Å². The van der Waals surface area contributed by atoms with Gasteiger partial charge in [0.15, 0.2) is 0 Å². The molecule has 0 heterocycles. The summed E-state index contributed by atoms with van der Waals surface area (Å²) in [5.41, 5.74) is 3.58. The summed E-state index contributed by atoms with van der Waals surface area (Å²) in [5, 5.41) is 2.51. The molecule has 1 atom stereocenters. The fraction of sp³-hybridized carbons (Fsp3) is 0.429. The average molecular weight is 255 g/mol. The molecular weight excluding hydrogens is 239 g/mol. The van der Waals surface area contributed by atoms with Crippen LogP contribution >= 0.6 is 0 Å². The number of alkyl halides is 3. The van der Waals surface area contributed by atoms with E-state index in [0.717, 1.165) is 12.0 Å². The van der Waals surface area contributed by atoms with Crippen molar-refractivity contribution in [2.24, 2.45) is 0 Å². The lowest BCUT2D eigenvalue weighted by atomic mass is 10.0.